The molecular weight excluding hydrogens is 244 g/mol. The lowest BCUT2D eigenvalue weighted by Crippen LogP contribution is -2.49. The Morgan fingerprint density at radius 2 is 1.75 bits per heavy atom. The number of fused-ring (bicyclic) bond motifs is 1. The first-order valence-electron chi connectivity index (χ1n) is 7.80. The second kappa shape index (κ2) is 5.87. The highest BCUT2D eigenvalue weighted by atomic mass is 15.2. The average molecular weight is 274 g/mol. The van der Waals surface area contributed by atoms with E-state index < -0.39 is 0 Å². The Balaban J connectivity index is 2.08. The summed E-state index contributed by atoms with van der Waals surface area (Å²) in [6.45, 7) is 12.9. The van der Waals surface area contributed by atoms with Gasteiger partial charge in [0.1, 0.15) is 0 Å². The van der Waals surface area contributed by atoms with Crippen LogP contribution in [0.15, 0.2) is 24.3 Å². The Kier molecular flexibility index (Phi) is 4.55. The molecule has 0 fully saturated rings. The molecular formula is C18H30N2. The molecule has 0 aromatic heterocycles. The van der Waals surface area contributed by atoms with Crippen molar-refractivity contribution >= 4 is 0 Å². The predicted octanol–water partition coefficient (Wildman–Crippen LogP) is 3.46. The van der Waals surface area contributed by atoms with Gasteiger partial charge in [0.15, 0.2) is 0 Å². The number of nitrogens with zero attached hydrogens (tertiary/aromatic N) is 1. The minimum Gasteiger partial charge on any atom is -0.319 e. The van der Waals surface area contributed by atoms with E-state index in [9.17, 15) is 0 Å². The van der Waals surface area contributed by atoms with Gasteiger partial charge < -0.3 is 5.32 Å². The van der Waals surface area contributed by atoms with Crippen molar-refractivity contribution in [2.24, 2.45) is 5.41 Å². The van der Waals surface area contributed by atoms with Gasteiger partial charge in [-0.1, -0.05) is 38.1 Å². The summed E-state index contributed by atoms with van der Waals surface area (Å²) < 4.78 is 0. The van der Waals surface area contributed by atoms with Crippen LogP contribution >= 0.6 is 0 Å². The lowest BCUT2D eigenvalue weighted by molar-refractivity contribution is 0.0600. The molecule has 0 aliphatic carbocycles. The van der Waals surface area contributed by atoms with Crippen LogP contribution in [0, 0.1) is 5.41 Å². The largest absolute Gasteiger partial charge is 0.319 e. The van der Waals surface area contributed by atoms with E-state index in [2.05, 4.69) is 62.2 Å². The van der Waals surface area contributed by atoms with Crippen molar-refractivity contribution in [3.05, 3.63) is 35.4 Å². The molecule has 0 spiro atoms. The van der Waals surface area contributed by atoms with E-state index in [1.165, 1.54) is 30.5 Å². The molecule has 1 aromatic carbocycles. The standard InChI is InChI=1S/C18H30N2/c1-17(2,14-19-5)13-18(3,4)20-11-10-15-8-6-7-9-16(15)12-20/h6-9,19H,10-14H2,1-5H3. The summed E-state index contributed by atoms with van der Waals surface area (Å²) in [5.74, 6) is 0. The van der Waals surface area contributed by atoms with Gasteiger partial charge >= 0.3 is 0 Å². The molecule has 1 aliphatic rings. The Bertz CT molecular complexity index is 448. The first-order chi connectivity index (χ1) is 9.34. The van der Waals surface area contributed by atoms with E-state index in [0.29, 0.717) is 5.41 Å². The molecule has 20 heavy (non-hydrogen) atoms. The van der Waals surface area contributed by atoms with E-state index in [1.807, 2.05) is 7.05 Å². The van der Waals surface area contributed by atoms with E-state index in [-0.39, 0.29) is 5.54 Å². The van der Waals surface area contributed by atoms with Gasteiger partial charge in [0.25, 0.3) is 0 Å². The van der Waals surface area contributed by atoms with Gasteiger partial charge in [-0.3, -0.25) is 4.90 Å². The van der Waals surface area contributed by atoms with Crippen LogP contribution in [-0.4, -0.2) is 30.6 Å². The van der Waals surface area contributed by atoms with E-state index in [0.717, 1.165) is 13.1 Å². The lowest BCUT2D eigenvalue weighted by Gasteiger charge is -2.45. The fourth-order valence-electron chi connectivity index (χ4n) is 3.84. The molecule has 0 saturated heterocycles. The third kappa shape index (κ3) is 3.62. The summed E-state index contributed by atoms with van der Waals surface area (Å²) in [5.41, 5.74) is 3.62. The summed E-state index contributed by atoms with van der Waals surface area (Å²) in [6, 6.07) is 8.90. The first kappa shape index (κ1) is 15.5. The minimum absolute atomic E-state index is 0.244. The fourth-order valence-corrected chi connectivity index (χ4v) is 3.84. The number of benzene rings is 1. The van der Waals surface area contributed by atoms with Crippen molar-refractivity contribution in [3.8, 4) is 0 Å². The molecule has 2 rings (SSSR count). The molecule has 2 heteroatoms. The molecule has 1 aliphatic heterocycles. The molecule has 2 nitrogen and oxygen atoms in total. The summed E-state index contributed by atoms with van der Waals surface area (Å²) in [6.07, 6.45) is 2.40. The minimum atomic E-state index is 0.244. The molecule has 1 N–H and O–H groups in total. The van der Waals surface area contributed by atoms with Gasteiger partial charge in [-0.2, -0.15) is 0 Å². The highest BCUT2D eigenvalue weighted by Gasteiger charge is 2.34. The van der Waals surface area contributed by atoms with Crippen LogP contribution in [0.25, 0.3) is 0 Å². The second-order valence-electron chi connectivity index (χ2n) is 7.62. The quantitative estimate of drug-likeness (QED) is 0.884. The molecule has 0 amide bonds. The molecule has 0 atom stereocenters. The maximum absolute atomic E-state index is 3.33. The zero-order valence-corrected chi connectivity index (χ0v) is 13.8. The van der Waals surface area contributed by atoms with Crippen LogP contribution in [0.3, 0.4) is 0 Å². The fraction of sp³-hybridized carbons (Fsp3) is 0.667. The van der Waals surface area contributed by atoms with Crippen LogP contribution in [0.2, 0.25) is 0 Å². The molecule has 0 radical (unpaired) electrons. The second-order valence-corrected chi connectivity index (χ2v) is 7.62. The summed E-state index contributed by atoms with van der Waals surface area (Å²) >= 11 is 0. The van der Waals surface area contributed by atoms with Crippen LogP contribution in [0.5, 0.6) is 0 Å². The zero-order chi connectivity index (χ0) is 14.8. The van der Waals surface area contributed by atoms with Gasteiger partial charge in [-0.05, 0) is 50.3 Å². The van der Waals surface area contributed by atoms with Crippen LogP contribution < -0.4 is 5.32 Å². The Morgan fingerprint density at radius 3 is 2.40 bits per heavy atom. The number of rotatable bonds is 5. The summed E-state index contributed by atoms with van der Waals surface area (Å²) in [4.78, 5) is 2.66. The Labute approximate surface area is 124 Å². The van der Waals surface area contributed by atoms with E-state index in [4.69, 9.17) is 0 Å². The van der Waals surface area contributed by atoms with Gasteiger partial charge in [0, 0.05) is 25.2 Å². The number of hydrogen-bond acceptors (Lipinski definition) is 2. The van der Waals surface area contributed by atoms with E-state index >= 15 is 0 Å². The molecule has 0 unspecified atom stereocenters. The van der Waals surface area contributed by atoms with Crippen LogP contribution in [0.4, 0.5) is 0 Å². The third-order valence-electron chi connectivity index (χ3n) is 4.55. The van der Waals surface area contributed by atoms with Gasteiger partial charge in [-0.25, -0.2) is 0 Å². The van der Waals surface area contributed by atoms with Crippen molar-refractivity contribution in [2.45, 2.75) is 52.6 Å². The maximum Gasteiger partial charge on any atom is 0.0241 e. The van der Waals surface area contributed by atoms with Gasteiger partial charge in [0.05, 0.1) is 0 Å². The van der Waals surface area contributed by atoms with Crippen molar-refractivity contribution < 1.29 is 0 Å². The van der Waals surface area contributed by atoms with Gasteiger partial charge in [0.2, 0.25) is 0 Å². The summed E-state index contributed by atoms with van der Waals surface area (Å²) in [7, 11) is 2.05. The highest BCUT2D eigenvalue weighted by Crippen LogP contribution is 2.34. The van der Waals surface area contributed by atoms with Crippen LogP contribution in [0.1, 0.15) is 45.2 Å². The van der Waals surface area contributed by atoms with Crippen LogP contribution in [-0.2, 0) is 13.0 Å². The molecule has 112 valence electrons. The Morgan fingerprint density at radius 1 is 1.10 bits per heavy atom. The van der Waals surface area contributed by atoms with Crippen molar-refractivity contribution in [1.29, 1.82) is 0 Å². The average Bonchev–Trinajstić information content (AvgIpc) is 2.36. The number of hydrogen-bond donors (Lipinski definition) is 1. The van der Waals surface area contributed by atoms with Gasteiger partial charge in [-0.15, -0.1) is 0 Å². The SMILES string of the molecule is CNCC(C)(C)CC(C)(C)N1CCc2ccccc2C1. The van der Waals surface area contributed by atoms with Crippen molar-refractivity contribution in [1.82, 2.24) is 10.2 Å². The smallest absolute Gasteiger partial charge is 0.0241 e. The third-order valence-corrected chi connectivity index (χ3v) is 4.55. The van der Waals surface area contributed by atoms with Crippen molar-refractivity contribution in [3.63, 3.8) is 0 Å². The normalized spacial score (nSPS) is 17.1. The first-order valence-corrected chi connectivity index (χ1v) is 7.80. The molecule has 0 bridgehead atoms. The summed E-state index contributed by atoms with van der Waals surface area (Å²) in [5, 5.41) is 3.33. The number of nitrogens with one attached hydrogen (secondary N) is 1. The highest BCUT2D eigenvalue weighted by molar-refractivity contribution is 5.29. The van der Waals surface area contributed by atoms with Crippen molar-refractivity contribution in [2.75, 3.05) is 20.1 Å². The Hall–Kier alpha value is -0.860. The maximum atomic E-state index is 3.33. The van der Waals surface area contributed by atoms with E-state index in [1.54, 1.807) is 0 Å². The molecule has 0 saturated carbocycles. The topological polar surface area (TPSA) is 15.3 Å². The molecule has 1 heterocycles. The lowest BCUT2D eigenvalue weighted by atomic mass is 9.78. The monoisotopic (exact) mass is 274 g/mol. The predicted molar refractivity (Wildman–Crippen MR) is 87.0 cm³/mol. The zero-order valence-electron chi connectivity index (χ0n) is 13.8. The molecule has 1 aromatic rings.